The number of rotatable bonds is 3. The second kappa shape index (κ2) is 5.98. The van der Waals surface area contributed by atoms with Crippen molar-refractivity contribution in [3.8, 4) is 16.9 Å². The average Bonchev–Trinajstić information content (AvgIpc) is 3.02. The maximum atomic E-state index is 12.5. The lowest BCUT2D eigenvalue weighted by molar-refractivity contribution is 0.0494. The van der Waals surface area contributed by atoms with E-state index in [9.17, 15) is 9.90 Å². The first-order valence-electron chi connectivity index (χ1n) is 8.10. The number of carbonyl (C=O) groups is 1. The zero-order valence-electron chi connectivity index (χ0n) is 13.7. The molecule has 4 nitrogen and oxygen atoms in total. The molecule has 4 rings (SSSR count). The van der Waals surface area contributed by atoms with E-state index >= 15 is 0 Å². The van der Waals surface area contributed by atoms with Crippen LogP contribution in [0.2, 0.25) is 0 Å². The van der Waals surface area contributed by atoms with Crippen LogP contribution in [0, 0.1) is 0 Å². The Balaban J connectivity index is 2.13. The number of aromatic hydroxyl groups is 1. The number of phenols is 1. The van der Waals surface area contributed by atoms with Crippen molar-refractivity contribution in [2.45, 2.75) is 6.92 Å². The SMILES string of the molecule is CCOC(=O)c1oc2c(cc(O)c3ccccc32)c1-c1ccccc1. The van der Waals surface area contributed by atoms with Crippen molar-refractivity contribution in [1.82, 2.24) is 0 Å². The van der Waals surface area contributed by atoms with Crippen LogP contribution in [-0.2, 0) is 4.74 Å². The molecule has 1 N–H and O–H groups in total. The minimum Gasteiger partial charge on any atom is -0.507 e. The molecule has 4 aromatic rings. The van der Waals surface area contributed by atoms with E-state index in [1.54, 1.807) is 13.0 Å². The molecule has 0 saturated heterocycles. The summed E-state index contributed by atoms with van der Waals surface area (Å²) in [6.07, 6.45) is 0. The van der Waals surface area contributed by atoms with Crippen molar-refractivity contribution >= 4 is 27.7 Å². The zero-order chi connectivity index (χ0) is 17.4. The van der Waals surface area contributed by atoms with Gasteiger partial charge in [0.15, 0.2) is 0 Å². The lowest BCUT2D eigenvalue weighted by atomic mass is 9.99. The van der Waals surface area contributed by atoms with Crippen LogP contribution in [0.3, 0.4) is 0 Å². The molecule has 0 atom stereocenters. The molecule has 0 aliphatic carbocycles. The molecular formula is C21H16O4. The van der Waals surface area contributed by atoms with Crippen molar-refractivity contribution in [3.05, 3.63) is 66.4 Å². The highest BCUT2D eigenvalue weighted by molar-refractivity contribution is 6.15. The molecule has 0 amide bonds. The maximum absolute atomic E-state index is 12.5. The Morgan fingerprint density at radius 2 is 1.68 bits per heavy atom. The topological polar surface area (TPSA) is 59.7 Å². The first kappa shape index (κ1) is 15.3. The quantitative estimate of drug-likeness (QED) is 0.528. The van der Waals surface area contributed by atoms with E-state index in [4.69, 9.17) is 9.15 Å². The summed E-state index contributed by atoms with van der Waals surface area (Å²) in [7, 11) is 0. The summed E-state index contributed by atoms with van der Waals surface area (Å²) in [6.45, 7) is 2.01. The lowest BCUT2D eigenvalue weighted by Crippen LogP contribution is -2.04. The molecule has 0 bridgehead atoms. The van der Waals surface area contributed by atoms with Gasteiger partial charge in [-0.15, -0.1) is 0 Å². The van der Waals surface area contributed by atoms with Crippen LogP contribution in [0.1, 0.15) is 17.5 Å². The van der Waals surface area contributed by atoms with Crippen molar-refractivity contribution < 1.29 is 19.1 Å². The van der Waals surface area contributed by atoms with E-state index in [2.05, 4.69) is 0 Å². The fourth-order valence-electron chi connectivity index (χ4n) is 3.13. The Kier molecular flexibility index (Phi) is 3.65. The molecule has 0 saturated carbocycles. The summed E-state index contributed by atoms with van der Waals surface area (Å²) in [6, 6.07) is 18.5. The predicted octanol–water partition coefficient (Wildman–Crippen LogP) is 5.14. The maximum Gasteiger partial charge on any atom is 0.374 e. The summed E-state index contributed by atoms with van der Waals surface area (Å²) in [4.78, 5) is 12.5. The van der Waals surface area contributed by atoms with Gasteiger partial charge in [-0.05, 0) is 18.6 Å². The average molecular weight is 332 g/mol. The molecular weight excluding hydrogens is 316 g/mol. The molecule has 4 heteroatoms. The number of ether oxygens (including phenoxy) is 1. The zero-order valence-corrected chi connectivity index (χ0v) is 13.7. The Morgan fingerprint density at radius 3 is 2.40 bits per heavy atom. The Morgan fingerprint density at radius 1 is 1.00 bits per heavy atom. The molecule has 1 aromatic heterocycles. The lowest BCUT2D eigenvalue weighted by Gasteiger charge is -2.04. The van der Waals surface area contributed by atoms with E-state index in [0.29, 0.717) is 21.9 Å². The standard InChI is InChI=1S/C21H16O4/c1-2-24-21(23)20-18(13-8-4-3-5-9-13)16-12-17(22)14-10-6-7-11-15(14)19(16)25-20/h3-12,22H,2H2,1H3. The van der Waals surface area contributed by atoms with E-state index in [-0.39, 0.29) is 18.1 Å². The second-order valence-corrected chi connectivity index (χ2v) is 5.71. The van der Waals surface area contributed by atoms with Gasteiger partial charge in [0, 0.05) is 21.7 Å². The van der Waals surface area contributed by atoms with Crippen LogP contribution in [0.25, 0.3) is 32.9 Å². The van der Waals surface area contributed by atoms with E-state index in [1.165, 1.54) is 0 Å². The number of fused-ring (bicyclic) bond motifs is 3. The van der Waals surface area contributed by atoms with Gasteiger partial charge in [-0.1, -0.05) is 54.6 Å². The predicted molar refractivity (Wildman–Crippen MR) is 96.8 cm³/mol. The summed E-state index contributed by atoms with van der Waals surface area (Å²) in [5.41, 5.74) is 2.03. The smallest absolute Gasteiger partial charge is 0.374 e. The second-order valence-electron chi connectivity index (χ2n) is 5.71. The number of hydrogen-bond acceptors (Lipinski definition) is 4. The summed E-state index contributed by atoms with van der Waals surface area (Å²) < 4.78 is 11.1. The fraction of sp³-hybridized carbons (Fsp3) is 0.0952. The minimum absolute atomic E-state index is 0.150. The van der Waals surface area contributed by atoms with Gasteiger partial charge in [-0.2, -0.15) is 0 Å². The van der Waals surface area contributed by atoms with Crippen molar-refractivity contribution in [2.75, 3.05) is 6.61 Å². The molecule has 0 unspecified atom stereocenters. The minimum atomic E-state index is -0.513. The van der Waals surface area contributed by atoms with Crippen LogP contribution in [0.4, 0.5) is 0 Å². The Bertz CT molecular complexity index is 1080. The fourth-order valence-corrected chi connectivity index (χ4v) is 3.13. The van der Waals surface area contributed by atoms with Gasteiger partial charge in [0.2, 0.25) is 5.76 Å². The summed E-state index contributed by atoms with van der Waals surface area (Å²) in [5, 5.41) is 12.6. The highest BCUT2D eigenvalue weighted by Crippen LogP contribution is 2.41. The number of hydrogen-bond donors (Lipinski definition) is 1. The number of benzene rings is 3. The first-order chi connectivity index (χ1) is 12.2. The van der Waals surface area contributed by atoms with Gasteiger partial charge in [-0.25, -0.2) is 4.79 Å². The Hall–Kier alpha value is -3.27. The third-order valence-corrected chi connectivity index (χ3v) is 4.20. The van der Waals surface area contributed by atoms with Gasteiger partial charge in [0.05, 0.1) is 6.61 Å². The van der Waals surface area contributed by atoms with Crippen molar-refractivity contribution in [1.29, 1.82) is 0 Å². The first-order valence-corrected chi connectivity index (χ1v) is 8.10. The molecule has 124 valence electrons. The number of furan rings is 1. The third-order valence-electron chi connectivity index (χ3n) is 4.20. The molecule has 0 radical (unpaired) electrons. The van der Waals surface area contributed by atoms with Crippen LogP contribution in [-0.4, -0.2) is 17.7 Å². The van der Waals surface area contributed by atoms with E-state index in [1.807, 2.05) is 54.6 Å². The highest BCUT2D eigenvalue weighted by Gasteiger charge is 2.24. The van der Waals surface area contributed by atoms with Gasteiger partial charge in [0.25, 0.3) is 0 Å². The van der Waals surface area contributed by atoms with Crippen LogP contribution in [0.15, 0.2) is 65.1 Å². The largest absolute Gasteiger partial charge is 0.507 e. The van der Waals surface area contributed by atoms with Gasteiger partial charge in [-0.3, -0.25) is 0 Å². The molecule has 0 aliphatic rings. The number of carbonyl (C=O) groups excluding carboxylic acids is 1. The third kappa shape index (κ3) is 2.43. The van der Waals surface area contributed by atoms with Crippen LogP contribution >= 0.6 is 0 Å². The normalized spacial score (nSPS) is 11.1. The Labute approximate surface area is 144 Å². The molecule has 0 spiro atoms. The van der Waals surface area contributed by atoms with Crippen molar-refractivity contribution in [2.24, 2.45) is 0 Å². The monoisotopic (exact) mass is 332 g/mol. The highest BCUT2D eigenvalue weighted by atomic mass is 16.5. The van der Waals surface area contributed by atoms with Crippen molar-refractivity contribution in [3.63, 3.8) is 0 Å². The van der Waals surface area contributed by atoms with Gasteiger partial charge in [0.1, 0.15) is 11.3 Å². The van der Waals surface area contributed by atoms with E-state index < -0.39 is 5.97 Å². The number of esters is 1. The molecule has 3 aromatic carbocycles. The van der Waals surface area contributed by atoms with E-state index in [0.717, 1.165) is 10.9 Å². The van der Waals surface area contributed by atoms with Crippen LogP contribution < -0.4 is 0 Å². The van der Waals surface area contributed by atoms with Crippen LogP contribution in [0.5, 0.6) is 5.75 Å². The van der Waals surface area contributed by atoms with Gasteiger partial charge < -0.3 is 14.3 Å². The molecule has 0 aliphatic heterocycles. The summed E-state index contributed by atoms with van der Waals surface area (Å²) in [5.74, 6) is -0.212. The molecule has 1 heterocycles. The molecule has 0 fully saturated rings. The molecule has 25 heavy (non-hydrogen) atoms. The van der Waals surface area contributed by atoms with Gasteiger partial charge >= 0.3 is 5.97 Å². The number of phenolic OH excluding ortho intramolecular Hbond substituents is 1. The summed E-state index contributed by atoms with van der Waals surface area (Å²) >= 11 is 0.